The standard InChI is InChI=1S/C16H24N2O/c1-17-10-7-14(8-11-17)18-12-9-16(13-18)19-15-5-3-2-4-6-15/h2-6,14,16H,7-13H2,1H3/t16-/m0/s1. The first-order valence-electron chi connectivity index (χ1n) is 7.45. The van der Waals surface area contributed by atoms with E-state index in [1.807, 2.05) is 18.2 Å². The molecule has 2 heterocycles. The van der Waals surface area contributed by atoms with Crippen molar-refractivity contribution in [3.63, 3.8) is 0 Å². The maximum Gasteiger partial charge on any atom is 0.119 e. The molecular weight excluding hydrogens is 236 g/mol. The molecule has 1 aromatic carbocycles. The molecule has 104 valence electrons. The smallest absolute Gasteiger partial charge is 0.119 e. The van der Waals surface area contributed by atoms with Crippen molar-refractivity contribution in [1.82, 2.24) is 9.80 Å². The molecule has 0 aliphatic carbocycles. The average Bonchev–Trinajstić information content (AvgIpc) is 2.89. The third-order valence-electron chi connectivity index (χ3n) is 4.43. The Morgan fingerprint density at radius 3 is 2.47 bits per heavy atom. The highest BCUT2D eigenvalue weighted by molar-refractivity contribution is 5.21. The lowest BCUT2D eigenvalue weighted by Crippen LogP contribution is -2.43. The van der Waals surface area contributed by atoms with E-state index in [1.54, 1.807) is 0 Å². The number of ether oxygens (including phenoxy) is 1. The van der Waals surface area contributed by atoms with Gasteiger partial charge >= 0.3 is 0 Å². The van der Waals surface area contributed by atoms with E-state index in [4.69, 9.17) is 4.74 Å². The van der Waals surface area contributed by atoms with Crippen LogP contribution in [0.3, 0.4) is 0 Å². The van der Waals surface area contributed by atoms with Gasteiger partial charge in [-0.3, -0.25) is 4.90 Å². The number of para-hydroxylation sites is 1. The topological polar surface area (TPSA) is 15.7 Å². The van der Waals surface area contributed by atoms with Crippen LogP contribution in [0.5, 0.6) is 5.75 Å². The van der Waals surface area contributed by atoms with Crippen LogP contribution >= 0.6 is 0 Å². The van der Waals surface area contributed by atoms with Gasteiger partial charge in [0.15, 0.2) is 0 Å². The molecule has 3 heteroatoms. The summed E-state index contributed by atoms with van der Waals surface area (Å²) in [6, 6.07) is 11.0. The molecule has 2 saturated heterocycles. The second-order valence-electron chi connectivity index (χ2n) is 5.87. The van der Waals surface area contributed by atoms with Gasteiger partial charge < -0.3 is 9.64 Å². The maximum atomic E-state index is 6.07. The Labute approximate surface area is 116 Å². The van der Waals surface area contributed by atoms with Gasteiger partial charge in [0.2, 0.25) is 0 Å². The van der Waals surface area contributed by atoms with Crippen molar-refractivity contribution in [3.8, 4) is 5.75 Å². The number of likely N-dealkylation sites (tertiary alicyclic amines) is 2. The van der Waals surface area contributed by atoms with E-state index < -0.39 is 0 Å². The van der Waals surface area contributed by atoms with Gasteiger partial charge in [-0.05, 0) is 51.5 Å². The van der Waals surface area contributed by atoms with E-state index in [9.17, 15) is 0 Å². The Balaban J connectivity index is 1.50. The Morgan fingerprint density at radius 2 is 1.74 bits per heavy atom. The van der Waals surface area contributed by atoms with E-state index >= 15 is 0 Å². The van der Waals surface area contributed by atoms with Gasteiger partial charge in [0.25, 0.3) is 0 Å². The Bertz CT molecular complexity index is 387. The summed E-state index contributed by atoms with van der Waals surface area (Å²) in [7, 11) is 2.22. The largest absolute Gasteiger partial charge is 0.489 e. The molecule has 0 unspecified atom stereocenters. The fourth-order valence-corrected chi connectivity index (χ4v) is 3.23. The van der Waals surface area contributed by atoms with Crippen LogP contribution in [0.1, 0.15) is 19.3 Å². The van der Waals surface area contributed by atoms with Gasteiger partial charge in [0.05, 0.1) is 0 Å². The molecule has 19 heavy (non-hydrogen) atoms. The van der Waals surface area contributed by atoms with Crippen LogP contribution in [-0.4, -0.2) is 55.2 Å². The van der Waals surface area contributed by atoms with Gasteiger partial charge in [-0.25, -0.2) is 0 Å². The minimum Gasteiger partial charge on any atom is -0.489 e. The summed E-state index contributed by atoms with van der Waals surface area (Å²) >= 11 is 0. The lowest BCUT2D eigenvalue weighted by atomic mass is 10.0. The maximum absolute atomic E-state index is 6.07. The Hall–Kier alpha value is -1.06. The molecule has 0 saturated carbocycles. The number of nitrogens with zero attached hydrogens (tertiary/aromatic N) is 2. The van der Waals surface area contributed by atoms with E-state index in [2.05, 4.69) is 29.0 Å². The lowest BCUT2D eigenvalue weighted by Gasteiger charge is -2.34. The molecule has 0 N–H and O–H groups in total. The van der Waals surface area contributed by atoms with Gasteiger partial charge in [0.1, 0.15) is 11.9 Å². The molecule has 0 bridgehead atoms. The van der Waals surface area contributed by atoms with E-state index in [-0.39, 0.29) is 0 Å². The first-order chi connectivity index (χ1) is 9.31. The molecule has 2 aliphatic heterocycles. The number of piperidine rings is 1. The fraction of sp³-hybridized carbons (Fsp3) is 0.625. The van der Waals surface area contributed by atoms with Gasteiger partial charge in [-0.15, -0.1) is 0 Å². The number of hydrogen-bond donors (Lipinski definition) is 0. The van der Waals surface area contributed by atoms with Crippen LogP contribution in [0.2, 0.25) is 0 Å². The van der Waals surface area contributed by atoms with Crippen LogP contribution in [0.15, 0.2) is 30.3 Å². The number of hydrogen-bond acceptors (Lipinski definition) is 3. The predicted molar refractivity (Wildman–Crippen MR) is 77.6 cm³/mol. The van der Waals surface area contributed by atoms with Crippen molar-refractivity contribution >= 4 is 0 Å². The van der Waals surface area contributed by atoms with Crippen LogP contribution in [0.25, 0.3) is 0 Å². The monoisotopic (exact) mass is 260 g/mol. The van der Waals surface area contributed by atoms with Crippen molar-refractivity contribution in [2.24, 2.45) is 0 Å². The van der Waals surface area contributed by atoms with Crippen LogP contribution < -0.4 is 4.74 Å². The highest BCUT2D eigenvalue weighted by Crippen LogP contribution is 2.23. The summed E-state index contributed by atoms with van der Waals surface area (Å²) in [6.45, 7) is 4.78. The van der Waals surface area contributed by atoms with Crippen molar-refractivity contribution < 1.29 is 4.74 Å². The minimum absolute atomic E-state index is 0.377. The highest BCUT2D eigenvalue weighted by Gasteiger charge is 2.30. The predicted octanol–water partition coefficient (Wildman–Crippen LogP) is 2.23. The molecule has 0 amide bonds. The van der Waals surface area contributed by atoms with Crippen molar-refractivity contribution in [3.05, 3.63) is 30.3 Å². The summed E-state index contributed by atoms with van der Waals surface area (Å²) in [6.07, 6.45) is 4.17. The highest BCUT2D eigenvalue weighted by atomic mass is 16.5. The molecule has 0 aromatic heterocycles. The zero-order chi connectivity index (χ0) is 13.1. The van der Waals surface area contributed by atoms with Crippen molar-refractivity contribution in [2.45, 2.75) is 31.4 Å². The molecule has 1 atom stereocenters. The van der Waals surface area contributed by atoms with Gasteiger partial charge in [0, 0.05) is 19.1 Å². The summed E-state index contributed by atoms with van der Waals surface area (Å²) in [5.41, 5.74) is 0. The molecule has 1 aromatic rings. The second-order valence-corrected chi connectivity index (χ2v) is 5.87. The molecule has 0 spiro atoms. The minimum atomic E-state index is 0.377. The molecule has 3 rings (SSSR count). The molecule has 3 nitrogen and oxygen atoms in total. The van der Waals surface area contributed by atoms with Crippen LogP contribution in [-0.2, 0) is 0 Å². The summed E-state index contributed by atoms with van der Waals surface area (Å²) in [5, 5.41) is 0. The van der Waals surface area contributed by atoms with Crippen molar-refractivity contribution in [2.75, 3.05) is 33.2 Å². The molecule has 0 radical (unpaired) electrons. The van der Waals surface area contributed by atoms with E-state index in [1.165, 1.54) is 38.9 Å². The summed E-state index contributed by atoms with van der Waals surface area (Å²) in [4.78, 5) is 5.07. The molecule has 2 aliphatic rings. The molecule has 2 fully saturated rings. The lowest BCUT2D eigenvalue weighted by molar-refractivity contribution is 0.126. The summed E-state index contributed by atoms with van der Waals surface area (Å²) < 4.78 is 6.07. The first kappa shape index (κ1) is 12.9. The van der Waals surface area contributed by atoms with E-state index in [0.29, 0.717) is 6.10 Å². The fourth-order valence-electron chi connectivity index (χ4n) is 3.23. The third-order valence-corrected chi connectivity index (χ3v) is 4.43. The number of rotatable bonds is 3. The van der Waals surface area contributed by atoms with Gasteiger partial charge in [-0.2, -0.15) is 0 Å². The molecular formula is C16H24N2O. The van der Waals surface area contributed by atoms with Crippen molar-refractivity contribution in [1.29, 1.82) is 0 Å². The SMILES string of the molecule is CN1CCC(N2CC[C@H](Oc3ccccc3)C2)CC1. The normalized spacial score (nSPS) is 26.7. The zero-order valence-electron chi connectivity index (χ0n) is 11.8. The Morgan fingerprint density at radius 1 is 1.00 bits per heavy atom. The second kappa shape index (κ2) is 5.93. The number of benzene rings is 1. The first-order valence-corrected chi connectivity index (χ1v) is 7.45. The van der Waals surface area contributed by atoms with E-state index in [0.717, 1.165) is 18.3 Å². The van der Waals surface area contributed by atoms with Gasteiger partial charge in [-0.1, -0.05) is 18.2 Å². The Kier molecular flexibility index (Phi) is 4.04. The quantitative estimate of drug-likeness (QED) is 0.829. The third kappa shape index (κ3) is 3.28. The zero-order valence-corrected chi connectivity index (χ0v) is 11.8. The average molecular weight is 260 g/mol. The van der Waals surface area contributed by atoms with Crippen LogP contribution in [0.4, 0.5) is 0 Å². The van der Waals surface area contributed by atoms with Crippen LogP contribution in [0, 0.1) is 0 Å². The summed E-state index contributed by atoms with van der Waals surface area (Å²) in [5.74, 6) is 1.01.